The number of hydrogen-bond donors (Lipinski definition) is 0. The van der Waals surface area contributed by atoms with E-state index in [0.29, 0.717) is 30.3 Å². The maximum atomic E-state index is 13.1. The molecular formula is C29H27NO4. The number of aryl methyl sites for hydroxylation is 1. The molecule has 34 heavy (non-hydrogen) atoms. The summed E-state index contributed by atoms with van der Waals surface area (Å²) in [5.41, 5.74) is 4.75. The zero-order chi connectivity index (χ0) is 23.5. The second-order valence-electron chi connectivity index (χ2n) is 8.53. The zero-order valence-electron chi connectivity index (χ0n) is 19.4. The lowest BCUT2D eigenvalue weighted by Gasteiger charge is -2.30. The largest absolute Gasteiger partial charge is 0.497 e. The molecule has 0 saturated carbocycles. The van der Waals surface area contributed by atoms with Crippen LogP contribution in [-0.2, 0) is 13.0 Å². The minimum Gasteiger partial charge on any atom is -0.497 e. The third-order valence-electron chi connectivity index (χ3n) is 6.20. The highest BCUT2D eigenvalue weighted by atomic mass is 16.5. The Morgan fingerprint density at radius 2 is 1.88 bits per heavy atom. The number of fused-ring (bicyclic) bond motifs is 3. The third-order valence-corrected chi connectivity index (χ3v) is 6.20. The predicted octanol–water partition coefficient (Wildman–Crippen LogP) is 5.57. The zero-order valence-corrected chi connectivity index (χ0v) is 19.4. The lowest BCUT2D eigenvalue weighted by atomic mass is 9.98. The van der Waals surface area contributed by atoms with Crippen LogP contribution in [0.2, 0.25) is 0 Å². The number of ether oxygens (including phenoxy) is 3. The molecule has 3 aromatic carbocycles. The van der Waals surface area contributed by atoms with Crippen molar-refractivity contribution in [1.29, 1.82) is 0 Å². The number of carbonyl (C=O) groups is 1. The molecule has 2 aliphatic heterocycles. The average Bonchev–Trinajstić information content (AvgIpc) is 3.21. The molecule has 3 aromatic rings. The smallest absolute Gasteiger partial charge is 0.232 e. The van der Waals surface area contributed by atoms with Crippen molar-refractivity contribution in [1.82, 2.24) is 4.90 Å². The van der Waals surface area contributed by atoms with E-state index in [4.69, 9.17) is 14.2 Å². The summed E-state index contributed by atoms with van der Waals surface area (Å²) in [6.07, 6.45) is 6.45. The van der Waals surface area contributed by atoms with Crippen molar-refractivity contribution in [2.45, 2.75) is 19.9 Å². The molecule has 0 N–H and O–H groups in total. The fourth-order valence-electron chi connectivity index (χ4n) is 4.32. The quantitative estimate of drug-likeness (QED) is 0.457. The minimum atomic E-state index is -0.0802. The monoisotopic (exact) mass is 453 g/mol. The number of rotatable bonds is 6. The van der Waals surface area contributed by atoms with E-state index >= 15 is 0 Å². The van der Waals surface area contributed by atoms with Crippen LogP contribution in [0.5, 0.6) is 17.2 Å². The summed E-state index contributed by atoms with van der Waals surface area (Å²) in [5.74, 6) is 2.55. The average molecular weight is 454 g/mol. The van der Waals surface area contributed by atoms with E-state index in [0.717, 1.165) is 41.2 Å². The molecule has 0 unspecified atom stereocenters. The second-order valence-corrected chi connectivity index (χ2v) is 8.53. The fraction of sp³-hybridized carbons (Fsp3) is 0.207. The van der Waals surface area contributed by atoms with E-state index in [9.17, 15) is 4.79 Å². The molecule has 0 aromatic heterocycles. The number of methoxy groups -OCH3 is 1. The number of ketones is 1. The van der Waals surface area contributed by atoms with Gasteiger partial charge in [0, 0.05) is 13.1 Å². The van der Waals surface area contributed by atoms with Crippen LogP contribution in [0.3, 0.4) is 0 Å². The highest BCUT2D eigenvalue weighted by Gasteiger charge is 2.35. The van der Waals surface area contributed by atoms with Crippen LogP contribution in [-0.4, -0.2) is 31.1 Å². The van der Waals surface area contributed by atoms with Crippen molar-refractivity contribution >= 4 is 11.9 Å². The first-order valence-corrected chi connectivity index (χ1v) is 11.4. The van der Waals surface area contributed by atoms with Gasteiger partial charge >= 0.3 is 0 Å². The van der Waals surface area contributed by atoms with Gasteiger partial charge in [0.05, 0.1) is 18.2 Å². The number of carbonyl (C=O) groups excluding carboxylic acids is 1. The van der Waals surface area contributed by atoms with Crippen molar-refractivity contribution in [3.05, 3.63) is 106 Å². The molecule has 0 amide bonds. The SMILES string of the molecule is COc1ccc(CCN2COc3cc(C)c4c(c3C2)O/C(=C\C=C\c2ccccc2)C4=O)cc1. The molecule has 5 nitrogen and oxygen atoms in total. The summed E-state index contributed by atoms with van der Waals surface area (Å²) >= 11 is 0. The van der Waals surface area contributed by atoms with Gasteiger partial charge in [-0.2, -0.15) is 0 Å². The Morgan fingerprint density at radius 1 is 1.09 bits per heavy atom. The molecule has 172 valence electrons. The van der Waals surface area contributed by atoms with Crippen LogP contribution in [0.1, 0.15) is 32.6 Å². The van der Waals surface area contributed by atoms with E-state index in [1.54, 1.807) is 13.2 Å². The van der Waals surface area contributed by atoms with Crippen LogP contribution in [0.15, 0.2) is 78.6 Å². The topological polar surface area (TPSA) is 48.0 Å². The summed E-state index contributed by atoms with van der Waals surface area (Å²) < 4.78 is 17.4. The van der Waals surface area contributed by atoms with Gasteiger partial charge in [0.2, 0.25) is 5.78 Å². The Bertz CT molecular complexity index is 1260. The molecule has 0 aliphatic carbocycles. The van der Waals surface area contributed by atoms with Crippen molar-refractivity contribution in [3.8, 4) is 17.2 Å². The van der Waals surface area contributed by atoms with E-state index in [-0.39, 0.29) is 5.78 Å². The summed E-state index contributed by atoms with van der Waals surface area (Å²) in [7, 11) is 1.67. The van der Waals surface area contributed by atoms with Crippen molar-refractivity contribution in [2.75, 3.05) is 20.4 Å². The van der Waals surface area contributed by atoms with Gasteiger partial charge in [-0.05, 0) is 54.3 Å². The van der Waals surface area contributed by atoms with Gasteiger partial charge in [-0.15, -0.1) is 0 Å². The van der Waals surface area contributed by atoms with Crippen molar-refractivity contribution in [3.63, 3.8) is 0 Å². The Kier molecular flexibility index (Phi) is 6.19. The van der Waals surface area contributed by atoms with E-state index in [2.05, 4.69) is 17.0 Å². The first-order chi connectivity index (χ1) is 16.6. The fourth-order valence-corrected chi connectivity index (χ4v) is 4.32. The van der Waals surface area contributed by atoms with Crippen molar-refractivity contribution in [2.24, 2.45) is 0 Å². The minimum absolute atomic E-state index is 0.0802. The first kappa shape index (κ1) is 22.0. The lowest BCUT2D eigenvalue weighted by Crippen LogP contribution is -2.33. The Morgan fingerprint density at radius 3 is 2.65 bits per heavy atom. The van der Waals surface area contributed by atoms with Gasteiger partial charge in [-0.3, -0.25) is 9.69 Å². The highest BCUT2D eigenvalue weighted by Crippen LogP contribution is 2.43. The van der Waals surface area contributed by atoms with Crippen LogP contribution in [0.25, 0.3) is 6.08 Å². The van der Waals surface area contributed by atoms with E-state index in [1.807, 2.05) is 67.6 Å². The molecule has 0 fully saturated rings. The molecule has 5 heteroatoms. The van der Waals surface area contributed by atoms with E-state index in [1.165, 1.54) is 5.56 Å². The van der Waals surface area contributed by atoms with Gasteiger partial charge in [0.25, 0.3) is 0 Å². The van der Waals surface area contributed by atoms with Crippen LogP contribution < -0.4 is 14.2 Å². The van der Waals surface area contributed by atoms with Crippen LogP contribution in [0.4, 0.5) is 0 Å². The molecule has 0 atom stereocenters. The maximum Gasteiger partial charge on any atom is 0.232 e. The predicted molar refractivity (Wildman–Crippen MR) is 132 cm³/mol. The Labute approximate surface area is 199 Å². The Balaban J connectivity index is 1.32. The number of benzene rings is 3. The molecule has 5 rings (SSSR count). The molecular weight excluding hydrogens is 426 g/mol. The number of allylic oxidation sites excluding steroid dienone is 3. The summed E-state index contributed by atoms with van der Waals surface area (Å²) in [4.78, 5) is 15.3. The molecule has 0 bridgehead atoms. The lowest BCUT2D eigenvalue weighted by molar-refractivity contribution is 0.0949. The number of hydrogen-bond acceptors (Lipinski definition) is 5. The normalized spacial score (nSPS) is 16.3. The van der Waals surface area contributed by atoms with Crippen molar-refractivity contribution < 1.29 is 19.0 Å². The highest BCUT2D eigenvalue weighted by molar-refractivity contribution is 6.14. The van der Waals surface area contributed by atoms with Gasteiger partial charge < -0.3 is 14.2 Å². The van der Waals surface area contributed by atoms with Crippen LogP contribution in [0, 0.1) is 6.92 Å². The van der Waals surface area contributed by atoms with Crippen LogP contribution >= 0.6 is 0 Å². The standard InChI is InChI=1S/C29H27NO4/c1-20-17-26-24(18-30(19-33-26)16-15-22-11-13-23(32-2)14-12-22)29-27(20)28(31)25(34-29)10-6-9-21-7-4-3-5-8-21/h3-14,17H,15-16,18-19H2,1-2H3/b9-6+,25-10-. The number of nitrogens with zero attached hydrogens (tertiary/aromatic N) is 1. The number of Topliss-reactive ketones (excluding diaryl/α,β-unsaturated/α-hetero) is 1. The summed E-state index contributed by atoms with van der Waals surface area (Å²) in [6, 6.07) is 20.0. The van der Waals surface area contributed by atoms with Gasteiger partial charge in [-0.1, -0.05) is 54.6 Å². The molecule has 0 saturated heterocycles. The summed E-state index contributed by atoms with van der Waals surface area (Å²) in [6.45, 7) is 3.96. The maximum absolute atomic E-state index is 13.1. The molecule has 0 radical (unpaired) electrons. The van der Waals surface area contributed by atoms with Gasteiger partial charge in [-0.25, -0.2) is 0 Å². The van der Waals surface area contributed by atoms with E-state index < -0.39 is 0 Å². The molecule has 0 spiro atoms. The summed E-state index contributed by atoms with van der Waals surface area (Å²) in [5, 5.41) is 0. The first-order valence-electron chi connectivity index (χ1n) is 11.4. The second kappa shape index (κ2) is 9.57. The van der Waals surface area contributed by atoms with Gasteiger partial charge in [0.1, 0.15) is 24.0 Å². The van der Waals surface area contributed by atoms with Gasteiger partial charge in [0.15, 0.2) is 5.76 Å². The Hall–Kier alpha value is -3.83. The molecule has 2 aliphatic rings. The molecule has 2 heterocycles. The third kappa shape index (κ3) is 4.47.